The summed E-state index contributed by atoms with van der Waals surface area (Å²) < 4.78 is 0. The first kappa shape index (κ1) is 9.88. The lowest BCUT2D eigenvalue weighted by Gasteiger charge is -2.10. The maximum Gasteiger partial charge on any atom is 0.00746 e. The van der Waals surface area contributed by atoms with E-state index in [4.69, 9.17) is 5.73 Å². The van der Waals surface area contributed by atoms with Crippen LogP contribution < -0.4 is 16.4 Å². The Balaban J connectivity index is 2.97. The topological polar surface area (TPSA) is 50.1 Å². The molecule has 0 aromatic carbocycles. The summed E-state index contributed by atoms with van der Waals surface area (Å²) in [6.07, 6.45) is 0. The van der Waals surface area contributed by atoms with Crippen molar-refractivity contribution in [3.63, 3.8) is 0 Å². The fraction of sp³-hybridized carbons (Fsp3) is 1.00. The molecule has 0 saturated carbocycles. The quantitative estimate of drug-likeness (QED) is 0.437. The Bertz CT molecular complexity index is 65.9. The molecular weight excluding hydrogens is 126 g/mol. The average Bonchev–Trinajstić information content (AvgIpc) is 1.89. The van der Waals surface area contributed by atoms with E-state index in [-0.39, 0.29) is 0 Å². The van der Waals surface area contributed by atoms with Gasteiger partial charge in [-0.25, -0.2) is 0 Å². The van der Waals surface area contributed by atoms with Crippen molar-refractivity contribution in [2.45, 2.75) is 6.92 Å². The smallest absolute Gasteiger partial charge is 0.00746 e. The van der Waals surface area contributed by atoms with E-state index in [1.165, 1.54) is 0 Å². The highest BCUT2D eigenvalue weighted by Gasteiger charge is 1.97. The zero-order valence-corrected chi connectivity index (χ0v) is 6.98. The first-order valence-electron chi connectivity index (χ1n) is 3.86. The monoisotopic (exact) mass is 145 g/mol. The Hall–Kier alpha value is -0.120. The zero-order valence-electron chi connectivity index (χ0n) is 6.98. The number of hydrogen-bond acceptors (Lipinski definition) is 3. The van der Waals surface area contributed by atoms with Crippen molar-refractivity contribution in [1.82, 2.24) is 10.6 Å². The van der Waals surface area contributed by atoms with E-state index in [2.05, 4.69) is 17.6 Å². The Morgan fingerprint density at radius 3 is 2.60 bits per heavy atom. The zero-order chi connectivity index (χ0) is 7.82. The van der Waals surface area contributed by atoms with Crippen LogP contribution in [0.25, 0.3) is 0 Å². The van der Waals surface area contributed by atoms with Gasteiger partial charge in [0.05, 0.1) is 0 Å². The van der Waals surface area contributed by atoms with E-state index in [9.17, 15) is 0 Å². The Morgan fingerprint density at radius 1 is 1.40 bits per heavy atom. The lowest BCUT2D eigenvalue weighted by atomic mass is 10.2. The second-order valence-corrected chi connectivity index (χ2v) is 2.66. The predicted molar refractivity (Wildman–Crippen MR) is 45.0 cm³/mol. The molecule has 0 radical (unpaired) electrons. The van der Waals surface area contributed by atoms with E-state index < -0.39 is 0 Å². The summed E-state index contributed by atoms with van der Waals surface area (Å²) in [7, 11) is 1.97. The van der Waals surface area contributed by atoms with Crippen molar-refractivity contribution >= 4 is 0 Å². The van der Waals surface area contributed by atoms with Gasteiger partial charge in [0.2, 0.25) is 0 Å². The molecule has 0 fully saturated rings. The van der Waals surface area contributed by atoms with Gasteiger partial charge in [-0.15, -0.1) is 0 Å². The Kier molecular flexibility index (Phi) is 6.91. The number of nitrogens with one attached hydrogen (secondary N) is 2. The summed E-state index contributed by atoms with van der Waals surface area (Å²) in [5.41, 5.74) is 5.31. The van der Waals surface area contributed by atoms with E-state index in [0.717, 1.165) is 26.2 Å². The average molecular weight is 145 g/mol. The van der Waals surface area contributed by atoms with Gasteiger partial charge in [-0.05, 0) is 26.1 Å². The predicted octanol–water partition coefficient (Wildman–Crippen LogP) is -0.610. The highest BCUT2D eigenvalue weighted by Crippen LogP contribution is 1.87. The first-order chi connectivity index (χ1) is 4.81. The van der Waals surface area contributed by atoms with Gasteiger partial charge in [0, 0.05) is 13.1 Å². The molecule has 0 amide bonds. The molecule has 1 atom stereocenters. The van der Waals surface area contributed by atoms with Crippen LogP contribution in [0.2, 0.25) is 0 Å². The molecule has 10 heavy (non-hydrogen) atoms. The highest BCUT2D eigenvalue weighted by atomic mass is 14.9. The second kappa shape index (κ2) is 6.99. The van der Waals surface area contributed by atoms with Crippen molar-refractivity contribution in [2.24, 2.45) is 11.7 Å². The molecule has 0 saturated heterocycles. The molecule has 0 aliphatic rings. The van der Waals surface area contributed by atoms with Crippen LogP contribution in [-0.2, 0) is 0 Å². The minimum absolute atomic E-state index is 0.691. The van der Waals surface area contributed by atoms with E-state index in [1.54, 1.807) is 0 Å². The van der Waals surface area contributed by atoms with Gasteiger partial charge in [0.15, 0.2) is 0 Å². The van der Waals surface area contributed by atoms with Crippen molar-refractivity contribution < 1.29 is 0 Å². The van der Waals surface area contributed by atoms with Crippen LogP contribution in [0.5, 0.6) is 0 Å². The van der Waals surface area contributed by atoms with Gasteiger partial charge in [-0.3, -0.25) is 0 Å². The molecule has 0 aromatic heterocycles. The molecular formula is C7H19N3. The SMILES string of the molecule is CNCC(C)CNCCN. The lowest BCUT2D eigenvalue weighted by molar-refractivity contribution is 0.495. The molecule has 0 heterocycles. The van der Waals surface area contributed by atoms with E-state index in [0.29, 0.717) is 5.92 Å². The van der Waals surface area contributed by atoms with Gasteiger partial charge in [0.1, 0.15) is 0 Å². The van der Waals surface area contributed by atoms with E-state index in [1.807, 2.05) is 7.05 Å². The molecule has 62 valence electrons. The van der Waals surface area contributed by atoms with Crippen LogP contribution in [0.4, 0.5) is 0 Å². The van der Waals surface area contributed by atoms with Crippen LogP contribution in [0.3, 0.4) is 0 Å². The summed E-state index contributed by atoms with van der Waals surface area (Å²) in [6, 6.07) is 0. The van der Waals surface area contributed by atoms with Crippen molar-refractivity contribution in [1.29, 1.82) is 0 Å². The molecule has 1 unspecified atom stereocenters. The minimum Gasteiger partial charge on any atom is -0.329 e. The third kappa shape index (κ3) is 6.01. The van der Waals surface area contributed by atoms with Crippen LogP contribution in [-0.4, -0.2) is 33.2 Å². The molecule has 0 rings (SSSR count). The van der Waals surface area contributed by atoms with Gasteiger partial charge in [0.25, 0.3) is 0 Å². The second-order valence-electron chi connectivity index (χ2n) is 2.66. The normalized spacial score (nSPS) is 13.5. The first-order valence-corrected chi connectivity index (χ1v) is 3.86. The number of rotatable bonds is 6. The highest BCUT2D eigenvalue weighted by molar-refractivity contribution is 4.58. The third-order valence-electron chi connectivity index (χ3n) is 1.37. The standard InChI is InChI=1S/C7H19N3/c1-7(5-9-2)6-10-4-3-8/h7,9-10H,3-6,8H2,1-2H3. The third-order valence-corrected chi connectivity index (χ3v) is 1.37. The lowest BCUT2D eigenvalue weighted by Crippen LogP contribution is -2.31. The summed E-state index contributed by atoms with van der Waals surface area (Å²) in [5.74, 6) is 0.691. The number of hydrogen-bond donors (Lipinski definition) is 3. The maximum atomic E-state index is 5.31. The molecule has 0 aliphatic heterocycles. The molecule has 3 heteroatoms. The van der Waals surface area contributed by atoms with Gasteiger partial charge in [-0.1, -0.05) is 6.92 Å². The van der Waals surface area contributed by atoms with Crippen molar-refractivity contribution in [3.05, 3.63) is 0 Å². The van der Waals surface area contributed by atoms with Crippen LogP contribution in [0, 0.1) is 5.92 Å². The fourth-order valence-corrected chi connectivity index (χ4v) is 0.871. The summed E-state index contributed by atoms with van der Waals surface area (Å²) in [6.45, 7) is 5.98. The van der Waals surface area contributed by atoms with Crippen LogP contribution >= 0.6 is 0 Å². The maximum absolute atomic E-state index is 5.31. The minimum atomic E-state index is 0.691. The van der Waals surface area contributed by atoms with E-state index >= 15 is 0 Å². The Morgan fingerprint density at radius 2 is 2.10 bits per heavy atom. The van der Waals surface area contributed by atoms with Gasteiger partial charge < -0.3 is 16.4 Å². The largest absolute Gasteiger partial charge is 0.329 e. The number of nitrogens with two attached hydrogens (primary N) is 1. The fourth-order valence-electron chi connectivity index (χ4n) is 0.871. The van der Waals surface area contributed by atoms with Gasteiger partial charge >= 0.3 is 0 Å². The molecule has 0 bridgehead atoms. The summed E-state index contributed by atoms with van der Waals surface area (Å²) in [4.78, 5) is 0. The molecule has 4 N–H and O–H groups in total. The van der Waals surface area contributed by atoms with Crippen LogP contribution in [0.15, 0.2) is 0 Å². The van der Waals surface area contributed by atoms with Crippen molar-refractivity contribution in [2.75, 3.05) is 33.2 Å². The molecule has 0 aliphatic carbocycles. The van der Waals surface area contributed by atoms with Gasteiger partial charge in [-0.2, -0.15) is 0 Å². The molecule has 3 nitrogen and oxygen atoms in total. The van der Waals surface area contributed by atoms with Crippen molar-refractivity contribution in [3.8, 4) is 0 Å². The summed E-state index contributed by atoms with van der Waals surface area (Å²) >= 11 is 0. The van der Waals surface area contributed by atoms with Crippen LogP contribution in [0.1, 0.15) is 6.92 Å². The summed E-state index contributed by atoms with van der Waals surface area (Å²) in [5, 5.41) is 6.38. The molecule has 0 spiro atoms. The molecule has 0 aromatic rings. The Labute approximate surface area is 63.4 Å².